The van der Waals surface area contributed by atoms with Gasteiger partial charge in [0.05, 0.1) is 0 Å². The molecule has 3 aromatic rings. The van der Waals surface area contributed by atoms with Crippen molar-refractivity contribution in [1.29, 1.82) is 0 Å². The van der Waals surface area contributed by atoms with Crippen LogP contribution in [-0.4, -0.2) is 16.8 Å². The van der Waals surface area contributed by atoms with Gasteiger partial charge in [-0.2, -0.15) is 0 Å². The Hall–Kier alpha value is -3.15. The van der Waals surface area contributed by atoms with Crippen molar-refractivity contribution in [2.24, 2.45) is 11.8 Å². The van der Waals surface area contributed by atoms with E-state index in [9.17, 15) is 9.59 Å². The Labute approximate surface area is 150 Å². The minimum Gasteiger partial charge on any atom is -0.441 e. The van der Waals surface area contributed by atoms with Crippen molar-refractivity contribution in [3.05, 3.63) is 53.9 Å². The zero-order valence-electron chi connectivity index (χ0n) is 14.6. The molecule has 1 saturated carbocycles. The van der Waals surface area contributed by atoms with Gasteiger partial charge >= 0.3 is 0 Å². The van der Waals surface area contributed by atoms with E-state index in [0.717, 1.165) is 6.42 Å². The first kappa shape index (κ1) is 16.3. The molecule has 0 spiro atoms. The molecule has 0 bridgehead atoms. The maximum Gasteiger partial charge on any atom is 0.255 e. The van der Waals surface area contributed by atoms with Crippen molar-refractivity contribution in [3.8, 4) is 0 Å². The molecule has 1 aliphatic rings. The molecule has 0 unspecified atom stereocenters. The molecule has 26 heavy (non-hydrogen) atoms. The summed E-state index contributed by atoms with van der Waals surface area (Å²) in [4.78, 5) is 28.6. The third-order valence-electron chi connectivity index (χ3n) is 4.61. The normalized spacial score (nSPS) is 18.5. The highest BCUT2D eigenvalue weighted by Gasteiger charge is 2.39. The van der Waals surface area contributed by atoms with Crippen LogP contribution in [-0.2, 0) is 4.79 Å². The van der Waals surface area contributed by atoms with E-state index in [1.54, 1.807) is 49.4 Å². The van der Waals surface area contributed by atoms with E-state index in [2.05, 4.69) is 22.5 Å². The second-order valence-corrected chi connectivity index (χ2v) is 6.76. The molecule has 6 nitrogen and oxygen atoms in total. The molecule has 0 radical (unpaired) electrons. The fraction of sp³-hybridized carbons (Fsp3) is 0.250. The Morgan fingerprint density at radius 1 is 1.08 bits per heavy atom. The van der Waals surface area contributed by atoms with E-state index in [0.29, 0.717) is 39.8 Å². The molecule has 2 amide bonds. The summed E-state index contributed by atoms with van der Waals surface area (Å²) in [6.45, 7) is 3.85. The second kappa shape index (κ2) is 6.29. The number of fused-ring (bicyclic) bond motifs is 1. The summed E-state index contributed by atoms with van der Waals surface area (Å²) < 4.78 is 5.43. The molecule has 4 rings (SSSR count). The Bertz CT molecular complexity index is 991. The number of rotatable bonds is 4. The van der Waals surface area contributed by atoms with E-state index in [4.69, 9.17) is 4.42 Å². The largest absolute Gasteiger partial charge is 0.441 e. The maximum absolute atomic E-state index is 12.4. The highest BCUT2D eigenvalue weighted by molar-refractivity contribution is 6.05. The van der Waals surface area contributed by atoms with Crippen molar-refractivity contribution in [2.45, 2.75) is 20.3 Å². The lowest BCUT2D eigenvalue weighted by atomic mass is 10.1. The molecule has 132 valence electrons. The molecule has 1 fully saturated rings. The Morgan fingerprint density at radius 2 is 1.77 bits per heavy atom. The summed E-state index contributed by atoms with van der Waals surface area (Å²) >= 11 is 0. The third kappa shape index (κ3) is 3.31. The van der Waals surface area contributed by atoms with Crippen LogP contribution in [0.25, 0.3) is 11.1 Å². The Balaban J connectivity index is 1.42. The van der Waals surface area contributed by atoms with Crippen LogP contribution in [0, 0.1) is 18.8 Å². The predicted molar refractivity (Wildman–Crippen MR) is 99.0 cm³/mol. The van der Waals surface area contributed by atoms with Crippen molar-refractivity contribution in [3.63, 3.8) is 0 Å². The number of benzene rings is 2. The van der Waals surface area contributed by atoms with Gasteiger partial charge in [0.25, 0.3) is 5.91 Å². The fourth-order valence-electron chi connectivity index (χ4n) is 2.95. The molecular weight excluding hydrogens is 330 g/mol. The highest BCUT2D eigenvalue weighted by Crippen LogP contribution is 2.38. The number of anilines is 2. The van der Waals surface area contributed by atoms with Crippen LogP contribution in [0.2, 0.25) is 0 Å². The second-order valence-electron chi connectivity index (χ2n) is 6.76. The average molecular weight is 349 g/mol. The molecule has 6 heteroatoms. The molecule has 2 N–H and O–H groups in total. The van der Waals surface area contributed by atoms with Crippen molar-refractivity contribution in [2.75, 3.05) is 10.6 Å². The maximum atomic E-state index is 12.4. The molecule has 0 saturated heterocycles. The number of carbonyl (C=O) groups excluding carboxylic acids is 2. The van der Waals surface area contributed by atoms with Gasteiger partial charge < -0.3 is 15.1 Å². The number of hydrogen-bond donors (Lipinski definition) is 2. The zero-order chi connectivity index (χ0) is 18.3. The van der Waals surface area contributed by atoms with Gasteiger partial charge in [-0.1, -0.05) is 6.92 Å². The Kier molecular flexibility index (Phi) is 3.95. The van der Waals surface area contributed by atoms with Gasteiger partial charge in [-0.3, -0.25) is 9.59 Å². The standard InChI is InChI=1S/C20H19N3O3/c1-11-9-16(11)20(25)22-14-5-3-13(4-6-14)19(24)23-15-7-8-18-17(10-15)21-12(2)26-18/h3-8,10-11,16H,9H2,1-2H3,(H,22,25)(H,23,24)/t11-,16+/m1/s1. The molecule has 2 atom stereocenters. The SMILES string of the molecule is Cc1nc2cc(NC(=O)c3ccc(NC(=O)[C@H]4C[C@H]4C)cc3)ccc2o1. The van der Waals surface area contributed by atoms with Gasteiger partial charge in [0.1, 0.15) is 5.52 Å². The smallest absolute Gasteiger partial charge is 0.255 e. The zero-order valence-corrected chi connectivity index (χ0v) is 14.6. The van der Waals surface area contributed by atoms with E-state index < -0.39 is 0 Å². The summed E-state index contributed by atoms with van der Waals surface area (Å²) in [5, 5.41) is 5.73. The van der Waals surface area contributed by atoms with Crippen LogP contribution in [0.5, 0.6) is 0 Å². The van der Waals surface area contributed by atoms with Crippen molar-refractivity contribution in [1.82, 2.24) is 4.98 Å². The van der Waals surface area contributed by atoms with Crippen molar-refractivity contribution >= 4 is 34.3 Å². The van der Waals surface area contributed by atoms with Crippen LogP contribution in [0.4, 0.5) is 11.4 Å². The number of carbonyl (C=O) groups is 2. The van der Waals surface area contributed by atoms with Crippen LogP contribution >= 0.6 is 0 Å². The van der Waals surface area contributed by atoms with Gasteiger partial charge in [-0.05, 0) is 54.8 Å². The van der Waals surface area contributed by atoms with Gasteiger partial charge in [0, 0.05) is 29.8 Å². The molecule has 1 heterocycles. The van der Waals surface area contributed by atoms with E-state index in [1.165, 1.54) is 0 Å². The number of aryl methyl sites for hydroxylation is 1. The van der Waals surface area contributed by atoms with Crippen LogP contribution in [0.3, 0.4) is 0 Å². The quantitative estimate of drug-likeness (QED) is 0.746. The molecule has 0 aliphatic heterocycles. The summed E-state index contributed by atoms with van der Waals surface area (Å²) in [7, 11) is 0. The Morgan fingerprint density at radius 3 is 2.46 bits per heavy atom. The first-order chi connectivity index (χ1) is 12.5. The minimum absolute atomic E-state index is 0.0471. The predicted octanol–water partition coefficient (Wildman–Crippen LogP) is 3.98. The summed E-state index contributed by atoms with van der Waals surface area (Å²) in [6.07, 6.45) is 0.946. The van der Waals surface area contributed by atoms with Crippen LogP contribution in [0.15, 0.2) is 46.9 Å². The number of nitrogens with one attached hydrogen (secondary N) is 2. The lowest BCUT2D eigenvalue weighted by molar-refractivity contribution is -0.117. The first-order valence-corrected chi connectivity index (χ1v) is 8.59. The fourth-order valence-corrected chi connectivity index (χ4v) is 2.95. The van der Waals surface area contributed by atoms with Gasteiger partial charge in [-0.25, -0.2) is 4.98 Å². The summed E-state index contributed by atoms with van der Waals surface area (Å²) in [6, 6.07) is 12.2. The summed E-state index contributed by atoms with van der Waals surface area (Å²) in [5.41, 5.74) is 3.25. The number of nitrogens with zero attached hydrogens (tertiary/aromatic N) is 1. The number of aromatic nitrogens is 1. The van der Waals surface area contributed by atoms with E-state index >= 15 is 0 Å². The molecule has 1 aliphatic carbocycles. The lowest BCUT2D eigenvalue weighted by Crippen LogP contribution is -2.15. The van der Waals surface area contributed by atoms with Gasteiger partial charge in [0.15, 0.2) is 11.5 Å². The van der Waals surface area contributed by atoms with Crippen molar-refractivity contribution < 1.29 is 14.0 Å². The average Bonchev–Trinajstić information content (AvgIpc) is 3.23. The van der Waals surface area contributed by atoms with E-state index in [1.807, 2.05) is 0 Å². The molecular formula is C20H19N3O3. The minimum atomic E-state index is -0.224. The number of hydrogen-bond acceptors (Lipinski definition) is 4. The monoisotopic (exact) mass is 349 g/mol. The first-order valence-electron chi connectivity index (χ1n) is 8.59. The topological polar surface area (TPSA) is 84.2 Å². The van der Waals surface area contributed by atoms with Crippen LogP contribution in [0.1, 0.15) is 29.6 Å². The van der Waals surface area contributed by atoms with Crippen LogP contribution < -0.4 is 10.6 Å². The lowest BCUT2D eigenvalue weighted by Gasteiger charge is -2.07. The molecule has 1 aromatic heterocycles. The van der Waals surface area contributed by atoms with Gasteiger partial charge in [0.2, 0.25) is 5.91 Å². The highest BCUT2D eigenvalue weighted by atomic mass is 16.3. The number of amides is 2. The van der Waals surface area contributed by atoms with E-state index in [-0.39, 0.29) is 17.7 Å². The van der Waals surface area contributed by atoms with Gasteiger partial charge in [-0.15, -0.1) is 0 Å². The number of oxazole rings is 1. The third-order valence-corrected chi connectivity index (χ3v) is 4.61. The summed E-state index contributed by atoms with van der Waals surface area (Å²) in [5.74, 6) is 0.991. The molecule has 2 aromatic carbocycles.